The zero-order chi connectivity index (χ0) is 29.9. The van der Waals surface area contributed by atoms with Crippen molar-refractivity contribution in [2.45, 2.75) is 70.1 Å². The number of para-hydroxylation sites is 1. The Balaban J connectivity index is 1.82. The summed E-state index contributed by atoms with van der Waals surface area (Å²) in [6.07, 6.45) is 6.55. The van der Waals surface area contributed by atoms with Crippen molar-refractivity contribution >= 4 is 35.0 Å². The van der Waals surface area contributed by atoms with Crippen LogP contribution >= 0.6 is 11.6 Å². The molecule has 1 aromatic carbocycles. The molecule has 3 fully saturated rings. The smallest absolute Gasteiger partial charge is 0.253 e. The molecular weight excluding hydrogens is 542 g/mol. The molecule has 8 nitrogen and oxygen atoms in total. The van der Waals surface area contributed by atoms with E-state index in [9.17, 15) is 19.5 Å². The molecular formula is C32H44ClN3O5. The van der Waals surface area contributed by atoms with Crippen LogP contribution in [0, 0.1) is 17.8 Å². The Kier molecular flexibility index (Phi) is 9.66. The average Bonchev–Trinajstić information content (AvgIpc) is 3.46. The molecule has 0 aliphatic carbocycles. The largest absolute Gasteiger partial charge is 0.396 e. The van der Waals surface area contributed by atoms with Gasteiger partial charge in [-0.25, -0.2) is 0 Å². The number of carbonyl (C=O) groups is 3. The van der Waals surface area contributed by atoms with Crippen molar-refractivity contribution in [3.8, 4) is 0 Å². The molecule has 3 aliphatic rings. The molecule has 1 spiro atoms. The molecule has 1 aromatic rings. The van der Waals surface area contributed by atoms with Gasteiger partial charge >= 0.3 is 0 Å². The van der Waals surface area contributed by atoms with Crippen molar-refractivity contribution in [1.29, 1.82) is 0 Å². The number of rotatable bonds is 14. The van der Waals surface area contributed by atoms with Crippen LogP contribution in [0.4, 0.5) is 5.69 Å². The number of nitrogens with zero attached hydrogens (tertiary/aromatic N) is 3. The first-order valence-corrected chi connectivity index (χ1v) is 15.2. The van der Waals surface area contributed by atoms with E-state index in [1.165, 1.54) is 0 Å². The maximum atomic E-state index is 14.7. The molecule has 9 heteroatoms. The number of carbonyl (C=O) groups excluding carboxylic acids is 3. The molecule has 2 bridgehead atoms. The van der Waals surface area contributed by atoms with Gasteiger partial charge in [0.2, 0.25) is 11.8 Å². The van der Waals surface area contributed by atoms with Gasteiger partial charge in [-0.05, 0) is 57.1 Å². The maximum absolute atomic E-state index is 14.7. The lowest BCUT2D eigenvalue weighted by atomic mass is 9.62. The van der Waals surface area contributed by atoms with Crippen molar-refractivity contribution in [1.82, 2.24) is 9.80 Å². The van der Waals surface area contributed by atoms with E-state index in [0.29, 0.717) is 56.0 Å². The normalized spacial score (nSPS) is 29.9. The standard InChI is InChI=1S/C32H44ClN3O5/c1-6-16-34(17-7-2)28(38)25-26-29(39)36(19-12-9-13-20-37)27(32(26)21-22(4)31(25,5)41-32)30(40)35(18-8-3)24-15-11-10-14-23(24)33/h6,8,10-11,14-15,22,25-27,37H,1,3,7,9,12-13,16-21H2,2,4-5H3/t22?,25-,26-,27?,31+,32?/m0/s1. The Hall–Kier alpha value is -2.68. The molecule has 4 rings (SSSR count). The molecule has 3 unspecified atom stereocenters. The summed E-state index contributed by atoms with van der Waals surface area (Å²) in [7, 11) is 0. The summed E-state index contributed by atoms with van der Waals surface area (Å²) in [5.41, 5.74) is -1.50. The lowest BCUT2D eigenvalue weighted by Gasteiger charge is -2.39. The zero-order valence-electron chi connectivity index (χ0n) is 24.6. The van der Waals surface area contributed by atoms with E-state index in [2.05, 4.69) is 20.1 Å². The molecule has 1 N–H and O–H groups in total. The molecule has 41 heavy (non-hydrogen) atoms. The van der Waals surface area contributed by atoms with E-state index in [0.717, 1.165) is 6.42 Å². The Labute approximate surface area is 248 Å². The fourth-order valence-corrected chi connectivity index (χ4v) is 7.61. The van der Waals surface area contributed by atoms with Crippen LogP contribution in [0.25, 0.3) is 0 Å². The zero-order valence-corrected chi connectivity index (χ0v) is 25.3. The Bertz CT molecular complexity index is 1180. The molecule has 0 saturated carbocycles. The Morgan fingerprint density at radius 1 is 1.17 bits per heavy atom. The van der Waals surface area contributed by atoms with Gasteiger partial charge in [-0.2, -0.15) is 0 Å². The summed E-state index contributed by atoms with van der Waals surface area (Å²) in [6, 6.07) is 6.20. The van der Waals surface area contributed by atoms with Gasteiger partial charge < -0.3 is 24.5 Å². The van der Waals surface area contributed by atoms with E-state index in [1.807, 2.05) is 19.9 Å². The summed E-state index contributed by atoms with van der Waals surface area (Å²) in [6.45, 7) is 15.2. The van der Waals surface area contributed by atoms with Crippen LogP contribution in [0.2, 0.25) is 5.02 Å². The first kappa shape index (κ1) is 31.3. The summed E-state index contributed by atoms with van der Waals surface area (Å²) in [5, 5.41) is 9.73. The predicted octanol–water partition coefficient (Wildman–Crippen LogP) is 4.46. The summed E-state index contributed by atoms with van der Waals surface area (Å²) in [5.74, 6) is -2.17. The first-order valence-electron chi connectivity index (χ1n) is 14.8. The molecule has 3 aliphatic heterocycles. The van der Waals surface area contributed by atoms with Crippen LogP contribution in [0.5, 0.6) is 0 Å². The van der Waals surface area contributed by atoms with Crippen molar-refractivity contribution in [3.05, 3.63) is 54.6 Å². The minimum absolute atomic E-state index is 0.0504. The molecule has 3 saturated heterocycles. The minimum atomic E-state index is -1.15. The number of fused-ring (bicyclic) bond motifs is 1. The molecule has 0 radical (unpaired) electrons. The second-order valence-electron chi connectivity index (χ2n) is 11.8. The summed E-state index contributed by atoms with van der Waals surface area (Å²) < 4.78 is 6.90. The molecule has 224 valence electrons. The van der Waals surface area contributed by atoms with Gasteiger partial charge in [0.05, 0.1) is 28.1 Å². The van der Waals surface area contributed by atoms with Gasteiger partial charge in [-0.1, -0.05) is 49.7 Å². The maximum Gasteiger partial charge on any atom is 0.253 e. The van der Waals surface area contributed by atoms with E-state index >= 15 is 0 Å². The molecule has 3 amide bonds. The van der Waals surface area contributed by atoms with Crippen LogP contribution in [0.15, 0.2) is 49.6 Å². The van der Waals surface area contributed by atoms with Crippen molar-refractivity contribution in [3.63, 3.8) is 0 Å². The topological polar surface area (TPSA) is 90.4 Å². The van der Waals surface area contributed by atoms with Gasteiger partial charge in [-0.3, -0.25) is 14.4 Å². The number of anilines is 1. The van der Waals surface area contributed by atoms with Gasteiger partial charge in [0.25, 0.3) is 5.91 Å². The lowest BCUT2D eigenvalue weighted by molar-refractivity contribution is -0.151. The highest BCUT2D eigenvalue weighted by Gasteiger charge is 2.80. The second kappa shape index (κ2) is 12.7. The molecule has 3 heterocycles. The van der Waals surface area contributed by atoms with E-state index in [1.54, 1.807) is 45.1 Å². The third-order valence-corrected chi connectivity index (χ3v) is 9.57. The minimum Gasteiger partial charge on any atom is -0.396 e. The van der Waals surface area contributed by atoms with Crippen LogP contribution in [-0.2, 0) is 19.1 Å². The number of amides is 3. The number of ether oxygens (including phenoxy) is 1. The first-order chi connectivity index (χ1) is 19.6. The lowest BCUT2D eigenvalue weighted by Crippen LogP contribution is -2.57. The number of likely N-dealkylation sites (tertiary alicyclic amines) is 1. The average molecular weight is 586 g/mol. The van der Waals surface area contributed by atoms with Gasteiger partial charge in [-0.15, -0.1) is 13.2 Å². The third-order valence-electron chi connectivity index (χ3n) is 9.25. The van der Waals surface area contributed by atoms with Crippen molar-refractivity contribution in [2.24, 2.45) is 17.8 Å². The van der Waals surface area contributed by atoms with Gasteiger partial charge in [0.1, 0.15) is 11.6 Å². The SMILES string of the molecule is C=CCN(CCC)C(=O)[C@@H]1[C@H]2C(=O)N(CCCCCO)C(C(=O)N(CC=C)c3ccccc3Cl)C23CC(C)[C@@]1(C)O3. The third kappa shape index (κ3) is 5.23. The van der Waals surface area contributed by atoms with Gasteiger partial charge in [0, 0.05) is 32.8 Å². The number of hydrogen-bond acceptors (Lipinski definition) is 5. The fraction of sp³-hybridized carbons (Fsp3) is 0.594. The number of unbranched alkanes of at least 4 members (excludes halogenated alkanes) is 2. The highest BCUT2D eigenvalue weighted by atomic mass is 35.5. The van der Waals surface area contributed by atoms with E-state index < -0.39 is 29.1 Å². The fourth-order valence-electron chi connectivity index (χ4n) is 7.37. The summed E-state index contributed by atoms with van der Waals surface area (Å²) in [4.78, 5) is 48.3. The number of aliphatic hydroxyl groups is 1. The molecule has 6 atom stereocenters. The van der Waals surface area contributed by atoms with Crippen molar-refractivity contribution in [2.75, 3.05) is 37.7 Å². The molecule has 0 aromatic heterocycles. The number of benzene rings is 1. The second-order valence-corrected chi connectivity index (χ2v) is 12.2. The van der Waals surface area contributed by atoms with Crippen molar-refractivity contribution < 1.29 is 24.2 Å². The number of aliphatic hydroxyl groups excluding tert-OH is 1. The van der Waals surface area contributed by atoms with Crippen LogP contribution in [0.1, 0.15) is 52.9 Å². The van der Waals surface area contributed by atoms with Gasteiger partial charge in [0.15, 0.2) is 0 Å². The summed E-state index contributed by atoms with van der Waals surface area (Å²) >= 11 is 6.56. The number of halogens is 1. The highest BCUT2D eigenvalue weighted by Crippen LogP contribution is 2.65. The quantitative estimate of drug-likeness (QED) is 0.257. The monoisotopic (exact) mass is 585 g/mol. The van der Waals surface area contributed by atoms with Crippen LogP contribution in [0.3, 0.4) is 0 Å². The van der Waals surface area contributed by atoms with Crippen LogP contribution in [-0.4, -0.2) is 82.7 Å². The van der Waals surface area contributed by atoms with E-state index in [4.69, 9.17) is 16.3 Å². The Morgan fingerprint density at radius 2 is 1.88 bits per heavy atom. The van der Waals surface area contributed by atoms with E-state index in [-0.39, 0.29) is 36.8 Å². The van der Waals surface area contributed by atoms with Crippen LogP contribution < -0.4 is 4.90 Å². The highest BCUT2D eigenvalue weighted by molar-refractivity contribution is 6.34. The number of hydrogen-bond donors (Lipinski definition) is 1. The predicted molar refractivity (Wildman–Crippen MR) is 160 cm³/mol. The Morgan fingerprint density at radius 3 is 2.51 bits per heavy atom.